The first-order chi connectivity index (χ1) is 12.2. The maximum Gasteiger partial charge on any atom is 0.435 e. The zero-order chi connectivity index (χ0) is 19.1. The van der Waals surface area contributed by atoms with Gasteiger partial charge in [-0.1, -0.05) is 0 Å². The van der Waals surface area contributed by atoms with Gasteiger partial charge in [0.15, 0.2) is 10.6 Å². The Morgan fingerprint density at radius 2 is 1.69 bits per heavy atom. The summed E-state index contributed by atoms with van der Waals surface area (Å²) in [6, 6.07) is 11.3. The quantitative estimate of drug-likeness (QED) is 0.485. The predicted octanol–water partition coefficient (Wildman–Crippen LogP) is 4.74. The lowest BCUT2D eigenvalue weighted by Gasteiger charge is -2.10. The lowest BCUT2D eigenvalue weighted by molar-refractivity contribution is -0.141. The molecule has 1 heterocycles. The van der Waals surface area contributed by atoms with Crippen molar-refractivity contribution in [2.45, 2.75) is 18.0 Å². The number of halogens is 4. The van der Waals surface area contributed by atoms with E-state index >= 15 is 0 Å². The Balaban J connectivity index is 2.16. The average Bonchev–Trinajstić information content (AvgIpc) is 3.03. The number of aryl methyl sites for hydroxylation is 1. The molecule has 0 saturated carbocycles. The average molecular weight is 382 g/mol. The van der Waals surface area contributed by atoms with Crippen molar-refractivity contribution in [1.82, 2.24) is 9.78 Å². The SMILES string of the molecule is Cc1cc(-n2nc(C(F)(F)F)cc2-c2ccc([S+](C)[O-])cc2)ccc1F. The standard InChI is InChI=1S/C18H14F4N2OS/c1-11-9-13(5-8-15(11)19)24-16(10-17(23-24)18(20,21)22)12-3-6-14(7-4-12)26(2)25/h3-10H,1-2H3. The van der Waals surface area contributed by atoms with Crippen LogP contribution in [0, 0.1) is 12.7 Å². The Labute approximate surface area is 150 Å². The van der Waals surface area contributed by atoms with E-state index in [1.54, 1.807) is 24.3 Å². The van der Waals surface area contributed by atoms with Crippen molar-refractivity contribution in [3.63, 3.8) is 0 Å². The van der Waals surface area contributed by atoms with Gasteiger partial charge in [0, 0.05) is 5.56 Å². The molecule has 3 nitrogen and oxygen atoms in total. The van der Waals surface area contributed by atoms with Crippen molar-refractivity contribution in [1.29, 1.82) is 0 Å². The lowest BCUT2D eigenvalue weighted by Crippen LogP contribution is -2.07. The minimum atomic E-state index is -4.61. The van der Waals surface area contributed by atoms with E-state index in [-0.39, 0.29) is 5.69 Å². The molecular weight excluding hydrogens is 368 g/mol. The fraction of sp³-hybridized carbons (Fsp3) is 0.167. The van der Waals surface area contributed by atoms with Gasteiger partial charge in [-0.25, -0.2) is 9.07 Å². The molecule has 1 unspecified atom stereocenters. The van der Waals surface area contributed by atoms with Crippen molar-refractivity contribution in [3.8, 4) is 16.9 Å². The molecular formula is C18H14F4N2OS. The summed E-state index contributed by atoms with van der Waals surface area (Å²) in [5, 5.41) is 3.67. The van der Waals surface area contributed by atoms with Crippen LogP contribution in [0.1, 0.15) is 11.3 Å². The second-order valence-electron chi connectivity index (χ2n) is 5.74. The van der Waals surface area contributed by atoms with Gasteiger partial charge in [0.05, 0.1) is 11.4 Å². The molecule has 0 aliphatic rings. The van der Waals surface area contributed by atoms with Gasteiger partial charge in [-0.2, -0.15) is 18.3 Å². The molecule has 0 bridgehead atoms. The number of hydrogen-bond donors (Lipinski definition) is 0. The summed E-state index contributed by atoms with van der Waals surface area (Å²) in [6.07, 6.45) is -3.10. The summed E-state index contributed by atoms with van der Waals surface area (Å²) < 4.78 is 65.6. The van der Waals surface area contributed by atoms with E-state index in [0.29, 0.717) is 21.7 Å². The summed E-state index contributed by atoms with van der Waals surface area (Å²) in [6.45, 7) is 1.53. The van der Waals surface area contributed by atoms with Crippen molar-refractivity contribution in [2.24, 2.45) is 0 Å². The Morgan fingerprint density at radius 1 is 1.04 bits per heavy atom. The molecule has 26 heavy (non-hydrogen) atoms. The number of rotatable bonds is 3. The van der Waals surface area contributed by atoms with Gasteiger partial charge in [0.1, 0.15) is 12.1 Å². The van der Waals surface area contributed by atoms with E-state index in [4.69, 9.17) is 0 Å². The van der Waals surface area contributed by atoms with E-state index in [1.165, 1.54) is 31.4 Å². The van der Waals surface area contributed by atoms with E-state index in [9.17, 15) is 22.1 Å². The van der Waals surface area contributed by atoms with Crippen LogP contribution in [0.4, 0.5) is 17.6 Å². The maximum atomic E-state index is 13.5. The van der Waals surface area contributed by atoms with Gasteiger partial charge >= 0.3 is 6.18 Å². The smallest absolute Gasteiger partial charge is 0.435 e. The topological polar surface area (TPSA) is 40.9 Å². The van der Waals surface area contributed by atoms with Crippen LogP contribution in [0.2, 0.25) is 0 Å². The molecule has 136 valence electrons. The highest BCUT2D eigenvalue weighted by Crippen LogP contribution is 2.33. The Kier molecular flexibility index (Phi) is 4.81. The van der Waals surface area contributed by atoms with E-state index in [0.717, 1.165) is 10.7 Å². The molecule has 2 aromatic carbocycles. The third-order valence-electron chi connectivity index (χ3n) is 3.87. The van der Waals surface area contributed by atoms with E-state index in [2.05, 4.69) is 5.10 Å². The van der Waals surface area contributed by atoms with Gasteiger partial charge in [-0.05, 0) is 72.2 Å². The fourth-order valence-corrected chi connectivity index (χ4v) is 3.02. The number of hydrogen-bond acceptors (Lipinski definition) is 2. The van der Waals surface area contributed by atoms with Gasteiger partial charge in [0.25, 0.3) is 0 Å². The minimum Gasteiger partial charge on any atom is -0.612 e. The monoisotopic (exact) mass is 382 g/mol. The first-order valence-corrected chi connectivity index (χ1v) is 9.10. The van der Waals surface area contributed by atoms with Gasteiger partial charge in [-0.15, -0.1) is 0 Å². The number of alkyl halides is 3. The van der Waals surface area contributed by atoms with Crippen molar-refractivity contribution in [3.05, 3.63) is 65.6 Å². The highest BCUT2D eigenvalue weighted by atomic mass is 32.2. The van der Waals surface area contributed by atoms with E-state index in [1.807, 2.05) is 0 Å². The molecule has 0 spiro atoms. The van der Waals surface area contributed by atoms with Crippen LogP contribution < -0.4 is 0 Å². The molecule has 3 aromatic rings. The molecule has 1 aromatic heterocycles. The summed E-state index contributed by atoms with van der Waals surface area (Å²) in [5.74, 6) is -0.451. The first kappa shape index (κ1) is 18.5. The second-order valence-corrected chi connectivity index (χ2v) is 7.12. The Morgan fingerprint density at radius 3 is 2.23 bits per heavy atom. The Bertz CT molecular complexity index is 933. The number of aromatic nitrogens is 2. The van der Waals surface area contributed by atoms with Crippen LogP contribution in [-0.4, -0.2) is 20.6 Å². The maximum absolute atomic E-state index is 13.5. The molecule has 8 heteroatoms. The number of nitrogens with zero attached hydrogens (tertiary/aromatic N) is 2. The fourth-order valence-electron chi connectivity index (χ4n) is 2.50. The third-order valence-corrected chi connectivity index (χ3v) is 4.80. The molecule has 0 radical (unpaired) electrons. The molecule has 3 rings (SSSR count). The van der Waals surface area contributed by atoms with Crippen LogP contribution in [-0.2, 0) is 17.4 Å². The van der Waals surface area contributed by atoms with Crippen LogP contribution >= 0.6 is 0 Å². The summed E-state index contributed by atoms with van der Waals surface area (Å²) in [5.41, 5.74) is 0.255. The largest absolute Gasteiger partial charge is 0.612 e. The second kappa shape index (κ2) is 6.77. The van der Waals surface area contributed by atoms with Crippen molar-refractivity contribution < 1.29 is 22.1 Å². The summed E-state index contributed by atoms with van der Waals surface area (Å²) in [7, 11) is 0. The number of benzene rings is 2. The Hall–Kier alpha value is -2.32. The van der Waals surface area contributed by atoms with Crippen molar-refractivity contribution in [2.75, 3.05) is 6.26 Å². The summed E-state index contributed by atoms with van der Waals surface area (Å²) >= 11 is -1.19. The molecule has 0 amide bonds. The van der Waals surface area contributed by atoms with Crippen LogP contribution in [0.5, 0.6) is 0 Å². The van der Waals surface area contributed by atoms with Crippen LogP contribution in [0.3, 0.4) is 0 Å². The first-order valence-electron chi connectivity index (χ1n) is 7.54. The molecule has 0 N–H and O–H groups in total. The molecule has 0 saturated heterocycles. The predicted molar refractivity (Wildman–Crippen MR) is 91.0 cm³/mol. The molecule has 0 fully saturated rings. The van der Waals surface area contributed by atoms with Gasteiger partial charge in [0.2, 0.25) is 0 Å². The highest BCUT2D eigenvalue weighted by Gasteiger charge is 2.35. The van der Waals surface area contributed by atoms with Crippen LogP contribution in [0.15, 0.2) is 53.4 Å². The van der Waals surface area contributed by atoms with Crippen molar-refractivity contribution >= 4 is 11.2 Å². The zero-order valence-corrected chi connectivity index (χ0v) is 14.7. The minimum absolute atomic E-state index is 0.205. The molecule has 0 aliphatic carbocycles. The zero-order valence-electron chi connectivity index (χ0n) is 13.8. The lowest BCUT2D eigenvalue weighted by atomic mass is 10.1. The molecule has 0 aliphatic heterocycles. The van der Waals surface area contributed by atoms with E-state index < -0.39 is 28.9 Å². The van der Waals surface area contributed by atoms with Gasteiger partial charge in [-0.3, -0.25) is 0 Å². The van der Waals surface area contributed by atoms with Crippen LogP contribution in [0.25, 0.3) is 16.9 Å². The molecule has 1 atom stereocenters. The third kappa shape index (κ3) is 3.61. The highest BCUT2D eigenvalue weighted by molar-refractivity contribution is 7.90. The normalized spacial score (nSPS) is 13.0. The summed E-state index contributed by atoms with van der Waals surface area (Å²) in [4.78, 5) is 0.563. The van der Waals surface area contributed by atoms with Gasteiger partial charge < -0.3 is 4.55 Å².